The minimum absolute atomic E-state index is 1.13. The van der Waals surface area contributed by atoms with Gasteiger partial charge in [0.25, 0.3) is 0 Å². The van der Waals surface area contributed by atoms with Crippen molar-refractivity contribution in [2.45, 2.75) is 0 Å². The van der Waals surface area contributed by atoms with Crippen LogP contribution in [-0.2, 0) is 0 Å². The maximum atomic E-state index is 2.44. The van der Waals surface area contributed by atoms with Crippen LogP contribution in [0.1, 0.15) is 0 Å². The van der Waals surface area contributed by atoms with Gasteiger partial charge in [0, 0.05) is 27.7 Å². The average molecular weight is 593 g/mol. The molecule has 9 rings (SSSR count). The molecule has 0 atom stereocenters. The summed E-state index contributed by atoms with van der Waals surface area (Å²) in [7, 11) is 0. The van der Waals surface area contributed by atoms with Gasteiger partial charge in [-0.3, -0.25) is 4.40 Å². The van der Waals surface area contributed by atoms with Crippen LogP contribution >= 0.6 is 11.3 Å². The molecule has 3 heteroatoms. The summed E-state index contributed by atoms with van der Waals surface area (Å²) in [4.78, 5) is 3.65. The highest BCUT2D eigenvalue weighted by Gasteiger charge is 2.19. The predicted octanol–water partition coefficient (Wildman–Crippen LogP) is 12.3. The Morgan fingerprint density at radius 1 is 0.444 bits per heavy atom. The zero-order chi connectivity index (χ0) is 29.7. The molecule has 0 spiro atoms. The van der Waals surface area contributed by atoms with Crippen molar-refractivity contribution in [1.82, 2.24) is 4.40 Å². The molecule has 0 aliphatic carbocycles. The van der Waals surface area contributed by atoms with Crippen molar-refractivity contribution in [2.24, 2.45) is 0 Å². The zero-order valence-electron chi connectivity index (χ0n) is 24.5. The van der Waals surface area contributed by atoms with Crippen LogP contribution in [0.3, 0.4) is 0 Å². The molecule has 2 nitrogen and oxygen atoms in total. The van der Waals surface area contributed by atoms with Crippen molar-refractivity contribution in [2.75, 3.05) is 4.90 Å². The Balaban J connectivity index is 1.19. The Kier molecular flexibility index (Phi) is 6.03. The van der Waals surface area contributed by atoms with Crippen molar-refractivity contribution in [3.05, 3.63) is 170 Å². The van der Waals surface area contributed by atoms with Gasteiger partial charge in [-0.15, -0.1) is 11.3 Å². The van der Waals surface area contributed by atoms with Gasteiger partial charge >= 0.3 is 0 Å². The standard InChI is InChI=1S/C42H28N2S/c1-3-13-31(14-4-1)41-36-28-32(24-27-38(36)44-39-19-9-10-21-40(39)45-42(41)44)29-22-25-34(26-23-29)43(33-16-5-2-6-17-33)37-20-11-15-30-12-7-8-18-35(30)37/h1-28H. The summed E-state index contributed by atoms with van der Waals surface area (Å²) in [6.07, 6.45) is 0. The first-order valence-corrected chi connectivity index (χ1v) is 16.1. The molecule has 0 N–H and O–H groups in total. The average Bonchev–Trinajstić information content (AvgIpc) is 3.64. The quantitative estimate of drug-likeness (QED) is 0.193. The summed E-state index contributed by atoms with van der Waals surface area (Å²) in [5.41, 5.74) is 10.9. The molecule has 0 unspecified atom stereocenters. The van der Waals surface area contributed by atoms with Crippen LogP contribution in [0, 0.1) is 0 Å². The second-order valence-corrected chi connectivity index (χ2v) is 12.4. The number of hydrogen-bond acceptors (Lipinski definition) is 2. The summed E-state index contributed by atoms with van der Waals surface area (Å²) >= 11 is 1.87. The predicted molar refractivity (Wildman–Crippen MR) is 193 cm³/mol. The Bertz CT molecular complexity index is 2470. The smallest absolute Gasteiger partial charge is 0.109 e. The Morgan fingerprint density at radius 3 is 1.96 bits per heavy atom. The summed E-state index contributed by atoms with van der Waals surface area (Å²) in [6, 6.07) is 61.3. The second-order valence-electron chi connectivity index (χ2n) is 11.4. The van der Waals surface area contributed by atoms with E-state index in [0.717, 1.165) is 11.4 Å². The molecule has 0 saturated heterocycles. The summed E-state index contributed by atoms with van der Waals surface area (Å²) in [5, 5.41) is 3.74. The number of thiazole rings is 1. The third-order valence-corrected chi connectivity index (χ3v) is 9.92. The lowest BCUT2D eigenvalue weighted by atomic mass is 9.99. The fourth-order valence-corrected chi connectivity index (χ4v) is 7.95. The molecule has 45 heavy (non-hydrogen) atoms. The van der Waals surface area contributed by atoms with E-state index in [1.807, 2.05) is 11.3 Å². The van der Waals surface area contributed by atoms with E-state index in [4.69, 9.17) is 0 Å². The van der Waals surface area contributed by atoms with Gasteiger partial charge in [-0.05, 0) is 76.7 Å². The number of anilines is 3. The highest BCUT2D eigenvalue weighted by Crippen LogP contribution is 2.44. The first kappa shape index (κ1) is 25.8. The molecular formula is C42H28N2S. The molecule has 0 radical (unpaired) electrons. The van der Waals surface area contributed by atoms with Crippen LogP contribution in [-0.4, -0.2) is 4.40 Å². The number of nitrogens with zero attached hydrogens (tertiary/aromatic N) is 2. The summed E-state index contributed by atoms with van der Waals surface area (Å²) in [5.74, 6) is 0. The third kappa shape index (κ3) is 4.24. The monoisotopic (exact) mass is 592 g/mol. The van der Waals surface area contributed by atoms with E-state index in [0.29, 0.717) is 0 Å². The van der Waals surface area contributed by atoms with Crippen molar-refractivity contribution >= 4 is 65.1 Å². The van der Waals surface area contributed by atoms with E-state index in [1.54, 1.807) is 0 Å². The SMILES string of the molecule is c1ccc(-c2c3cc(-c4ccc(N(c5ccccc5)c5cccc6ccccc56)cc4)ccc3n3c2sc2ccccc23)cc1. The Morgan fingerprint density at radius 2 is 1.11 bits per heavy atom. The number of hydrogen-bond donors (Lipinski definition) is 0. The molecule has 0 amide bonds. The van der Waals surface area contributed by atoms with Gasteiger partial charge < -0.3 is 4.90 Å². The van der Waals surface area contributed by atoms with E-state index in [9.17, 15) is 0 Å². The van der Waals surface area contributed by atoms with Gasteiger partial charge in [0.1, 0.15) is 4.83 Å². The van der Waals surface area contributed by atoms with Crippen molar-refractivity contribution in [3.8, 4) is 22.3 Å². The van der Waals surface area contributed by atoms with Crippen LogP contribution in [0.5, 0.6) is 0 Å². The number of fused-ring (bicyclic) bond motifs is 6. The topological polar surface area (TPSA) is 7.65 Å². The van der Waals surface area contributed by atoms with Gasteiger partial charge in [-0.2, -0.15) is 0 Å². The van der Waals surface area contributed by atoms with Gasteiger partial charge in [0.2, 0.25) is 0 Å². The lowest BCUT2D eigenvalue weighted by molar-refractivity contribution is 1.30. The fourth-order valence-electron chi connectivity index (χ4n) is 6.71. The van der Waals surface area contributed by atoms with Crippen LogP contribution in [0.2, 0.25) is 0 Å². The molecule has 212 valence electrons. The lowest BCUT2D eigenvalue weighted by Gasteiger charge is -2.27. The zero-order valence-corrected chi connectivity index (χ0v) is 25.3. The third-order valence-electron chi connectivity index (χ3n) is 8.78. The Labute approximate surface area is 265 Å². The van der Waals surface area contributed by atoms with Gasteiger partial charge in [0.05, 0.1) is 21.4 Å². The normalized spacial score (nSPS) is 11.6. The second kappa shape index (κ2) is 10.5. The largest absolute Gasteiger partial charge is 0.310 e. The molecule has 0 aliphatic rings. The molecular weight excluding hydrogens is 565 g/mol. The molecule has 2 aromatic heterocycles. The first-order chi connectivity index (χ1) is 22.3. The van der Waals surface area contributed by atoms with E-state index in [2.05, 4.69) is 179 Å². The van der Waals surface area contributed by atoms with Gasteiger partial charge in [-0.25, -0.2) is 0 Å². The van der Waals surface area contributed by atoms with Crippen molar-refractivity contribution < 1.29 is 0 Å². The highest BCUT2D eigenvalue weighted by molar-refractivity contribution is 7.24. The van der Waals surface area contributed by atoms with Crippen LogP contribution < -0.4 is 4.90 Å². The van der Waals surface area contributed by atoms with Crippen molar-refractivity contribution in [3.63, 3.8) is 0 Å². The van der Waals surface area contributed by atoms with Crippen LogP contribution in [0.4, 0.5) is 17.1 Å². The molecule has 0 fully saturated rings. The molecule has 7 aromatic carbocycles. The van der Waals surface area contributed by atoms with E-state index in [1.165, 1.54) is 64.7 Å². The first-order valence-electron chi connectivity index (χ1n) is 15.3. The van der Waals surface area contributed by atoms with Gasteiger partial charge in [-0.1, -0.05) is 115 Å². The molecule has 9 aromatic rings. The van der Waals surface area contributed by atoms with Crippen LogP contribution in [0.15, 0.2) is 170 Å². The number of para-hydroxylation sites is 2. The fraction of sp³-hybridized carbons (Fsp3) is 0. The summed E-state index contributed by atoms with van der Waals surface area (Å²) < 4.78 is 3.74. The summed E-state index contributed by atoms with van der Waals surface area (Å²) in [6.45, 7) is 0. The Hall–Kier alpha value is -5.64. The molecule has 0 saturated carbocycles. The van der Waals surface area contributed by atoms with Crippen LogP contribution in [0.25, 0.3) is 59.0 Å². The maximum absolute atomic E-state index is 2.44. The lowest BCUT2D eigenvalue weighted by Crippen LogP contribution is -2.10. The number of rotatable bonds is 5. The molecule has 0 bridgehead atoms. The minimum Gasteiger partial charge on any atom is -0.310 e. The maximum Gasteiger partial charge on any atom is 0.109 e. The van der Waals surface area contributed by atoms with E-state index in [-0.39, 0.29) is 0 Å². The highest BCUT2D eigenvalue weighted by atomic mass is 32.1. The van der Waals surface area contributed by atoms with Gasteiger partial charge in [0.15, 0.2) is 0 Å². The molecule has 2 heterocycles. The van der Waals surface area contributed by atoms with E-state index < -0.39 is 0 Å². The van der Waals surface area contributed by atoms with E-state index >= 15 is 0 Å². The minimum atomic E-state index is 1.13. The van der Waals surface area contributed by atoms with Crippen molar-refractivity contribution in [1.29, 1.82) is 0 Å². The number of benzene rings is 7. The molecule has 0 aliphatic heterocycles. The number of aromatic nitrogens is 1.